The van der Waals surface area contributed by atoms with Gasteiger partial charge in [-0.3, -0.25) is 4.90 Å². The van der Waals surface area contributed by atoms with Gasteiger partial charge in [0.15, 0.2) is 9.84 Å². The molecule has 0 spiro atoms. The smallest absolute Gasteiger partial charge is 0.179 e. The quantitative estimate of drug-likeness (QED) is 0.740. The van der Waals surface area contributed by atoms with Crippen LogP contribution in [0.3, 0.4) is 0 Å². The van der Waals surface area contributed by atoms with Crippen molar-refractivity contribution in [2.45, 2.75) is 36.7 Å². The van der Waals surface area contributed by atoms with Gasteiger partial charge in [0, 0.05) is 25.7 Å². The summed E-state index contributed by atoms with van der Waals surface area (Å²) in [7, 11) is -3.28. The Balaban J connectivity index is 1.98. The number of rotatable bonds is 8. The maximum absolute atomic E-state index is 12.3. The molecular weight excluding hydrogens is 288 g/mol. The van der Waals surface area contributed by atoms with Gasteiger partial charge in [-0.2, -0.15) is 0 Å². The molecule has 0 saturated heterocycles. The van der Waals surface area contributed by atoms with E-state index in [9.17, 15) is 8.42 Å². The lowest BCUT2D eigenvalue weighted by Crippen LogP contribution is -2.44. The molecule has 21 heavy (non-hydrogen) atoms. The normalized spacial score (nSPS) is 16.1. The van der Waals surface area contributed by atoms with Gasteiger partial charge in [0.2, 0.25) is 0 Å². The number of hydrogen-bond donors (Lipinski definition) is 2. The van der Waals surface area contributed by atoms with Crippen LogP contribution < -0.4 is 5.73 Å². The Hall–Kier alpha value is -0.950. The zero-order valence-electron chi connectivity index (χ0n) is 12.2. The van der Waals surface area contributed by atoms with Gasteiger partial charge in [-0.25, -0.2) is 8.42 Å². The summed E-state index contributed by atoms with van der Waals surface area (Å²) in [4.78, 5) is 2.44. The predicted octanol–water partition coefficient (Wildman–Crippen LogP) is 0.766. The lowest BCUT2D eigenvalue weighted by Gasteiger charge is -2.37. The van der Waals surface area contributed by atoms with Crippen molar-refractivity contribution in [3.05, 3.63) is 29.8 Å². The van der Waals surface area contributed by atoms with E-state index >= 15 is 0 Å². The van der Waals surface area contributed by atoms with Crippen LogP contribution in [0.1, 0.15) is 24.8 Å². The Labute approximate surface area is 126 Å². The largest absolute Gasteiger partial charge is 0.395 e. The Morgan fingerprint density at radius 1 is 1.19 bits per heavy atom. The van der Waals surface area contributed by atoms with E-state index in [4.69, 9.17) is 10.8 Å². The van der Waals surface area contributed by atoms with E-state index in [0.717, 1.165) is 18.4 Å². The number of aliphatic hydroxyl groups excluding tert-OH is 1. The van der Waals surface area contributed by atoms with Crippen LogP contribution in [0.5, 0.6) is 0 Å². The molecule has 118 valence electrons. The Morgan fingerprint density at radius 3 is 2.33 bits per heavy atom. The molecule has 0 aliphatic heterocycles. The summed E-state index contributed by atoms with van der Waals surface area (Å²) in [6.45, 7) is 1.51. The molecule has 5 nitrogen and oxygen atoms in total. The molecule has 1 aliphatic carbocycles. The lowest BCUT2D eigenvalue weighted by molar-refractivity contribution is 0.108. The van der Waals surface area contributed by atoms with Gasteiger partial charge in [-0.15, -0.1) is 0 Å². The monoisotopic (exact) mass is 312 g/mol. The summed E-state index contributed by atoms with van der Waals surface area (Å²) in [6.07, 6.45) is 3.40. The topological polar surface area (TPSA) is 83.6 Å². The lowest BCUT2D eigenvalue weighted by atomic mass is 9.91. The molecule has 2 rings (SSSR count). The fraction of sp³-hybridized carbons (Fsp3) is 0.600. The summed E-state index contributed by atoms with van der Waals surface area (Å²) in [5.74, 6) is 0.0888. The Kier molecular flexibility index (Phi) is 5.75. The van der Waals surface area contributed by atoms with Crippen LogP contribution in [0.25, 0.3) is 0 Å². The number of hydrogen-bond acceptors (Lipinski definition) is 5. The highest BCUT2D eigenvalue weighted by Crippen LogP contribution is 2.24. The molecule has 1 aliphatic rings. The Morgan fingerprint density at radius 2 is 1.86 bits per heavy atom. The number of sulfone groups is 1. The molecule has 3 N–H and O–H groups in total. The van der Waals surface area contributed by atoms with Crippen molar-refractivity contribution in [1.82, 2.24) is 4.90 Å². The van der Waals surface area contributed by atoms with Crippen molar-refractivity contribution in [2.24, 2.45) is 5.73 Å². The summed E-state index contributed by atoms with van der Waals surface area (Å²) >= 11 is 0. The van der Waals surface area contributed by atoms with Crippen molar-refractivity contribution < 1.29 is 13.5 Å². The van der Waals surface area contributed by atoms with E-state index in [1.54, 1.807) is 24.3 Å². The van der Waals surface area contributed by atoms with E-state index in [1.807, 2.05) is 0 Å². The van der Waals surface area contributed by atoms with Crippen LogP contribution in [0.2, 0.25) is 0 Å². The summed E-state index contributed by atoms with van der Waals surface area (Å²) in [6, 6.07) is 7.19. The first-order valence-corrected chi connectivity index (χ1v) is 9.08. The molecule has 1 fully saturated rings. The number of aliphatic hydroxyl groups is 1. The zero-order valence-corrected chi connectivity index (χ0v) is 13.1. The van der Waals surface area contributed by atoms with Crippen LogP contribution in [0, 0.1) is 0 Å². The average molecular weight is 312 g/mol. The molecule has 0 bridgehead atoms. The highest BCUT2D eigenvalue weighted by Gasteiger charge is 2.26. The third kappa shape index (κ3) is 4.26. The van der Waals surface area contributed by atoms with Gasteiger partial charge in [0.25, 0.3) is 0 Å². The minimum Gasteiger partial charge on any atom is -0.395 e. The van der Waals surface area contributed by atoms with E-state index in [2.05, 4.69) is 4.90 Å². The maximum Gasteiger partial charge on any atom is 0.179 e. The van der Waals surface area contributed by atoms with Crippen LogP contribution in [-0.2, 0) is 16.4 Å². The zero-order chi connectivity index (χ0) is 15.3. The predicted molar refractivity (Wildman–Crippen MR) is 82.7 cm³/mol. The molecule has 0 atom stereocenters. The molecule has 0 amide bonds. The van der Waals surface area contributed by atoms with Gasteiger partial charge in [-0.1, -0.05) is 18.6 Å². The van der Waals surface area contributed by atoms with E-state index in [1.165, 1.54) is 6.42 Å². The first-order valence-electron chi connectivity index (χ1n) is 7.43. The van der Waals surface area contributed by atoms with Gasteiger partial charge < -0.3 is 10.8 Å². The first-order chi connectivity index (χ1) is 10.1. The molecule has 0 radical (unpaired) electrons. The van der Waals surface area contributed by atoms with Gasteiger partial charge in [-0.05, 0) is 30.5 Å². The fourth-order valence-electron chi connectivity index (χ4n) is 2.55. The van der Waals surface area contributed by atoms with Crippen molar-refractivity contribution in [1.29, 1.82) is 0 Å². The van der Waals surface area contributed by atoms with Gasteiger partial charge >= 0.3 is 0 Å². The number of nitrogens with zero attached hydrogens (tertiary/aromatic N) is 1. The highest BCUT2D eigenvalue weighted by atomic mass is 32.2. The third-order valence-electron chi connectivity index (χ3n) is 4.14. The molecule has 0 aromatic heterocycles. The van der Waals surface area contributed by atoms with Gasteiger partial charge in [0.05, 0.1) is 17.3 Å². The number of benzene rings is 1. The molecule has 1 aromatic rings. The molecular formula is C15H24N2O3S. The van der Waals surface area contributed by atoms with Crippen LogP contribution in [-0.4, -0.2) is 49.9 Å². The second kappa shape index (κ2) is 7.35. The standard InChI is InChI=1S/C15H24N2O3S/c16-12-13-4-6-15(7-5-13)21(19,20)11-9-17(8-10-18)14-2-1-3-14/h4-7,14,18H,1-3,8-12,16H2. The van der Waals surface area contributed by atoms with Crippen LogP contribution in [0.4, 0.5) is 0 Å². The third-order valence-corrected chi connectivity index (χ3v) is 5.85. The van der Waals surface area contributed by atoms with Crippen LogP contribution in [0.15, 0.2) is 29.2 Å². The summed E-state index contributed by atoms with van der Waals surface area (Å²) in [5, 5.41) is 9.11. The molecule has 0 unspecified atom stereocenters. The van der Waals surface area contributed by atoms with Crippen molar-refractivity contribution in [3.63, 3.8) is 0 Å². The van der Waals surface area contributed by atoms with Crippen LogP contribution >= 0.6 is 0 Å². The molecule has 6 heteroatoms. The Bertz CT molecular complexity index is 539. The second-order valence-electron chi connectivity index (χ2n) is 5.51. The fourth-order valence-corrected chi connectivity index (χ4v) is 3.81. The minimum atomic E-state index is -3.28. The second-order valence-corrected chi connectivity index (χ2v) is 7.62. The summed E-state index contributed by atoms with van der Waals surface area (Å²) < 4.78 is 24.7. The minimum absolute atomic E-state index is 0.0712. The maximum atomic E-state index is 12.3. The van der Waals surface area contributed by atoms with Crippen molar-refractivity contribution in [2.75, 3.05) is 25.4 Å². The van der Waals surface area contributed by atoms with Gasteiger partial charge in [0.1, 0.15) is 0 Å². The van der Waals surface area contributed by atoms with Crippen molar-refractivity contribution in [3.8, 4) is 0 Å². The SMILES string of the molecule is NCc1ccc(S(=O)(=O)CCN(CCO)C2CCC2)cc1. The van der Waals surface area contributed by atoms with Crippen molar-refractivity contribution >= 4 is 9.84 Å². The molecule has 1 saturated carbocycles. The average Bonchev–Trinajstić information content (AvgIpc) is 2.43. The van der Waals surface area contributed by atoms with E-state index in [-0.39, 0.29) is 12.4 Å². The molecule has 1 aromatic carbocycles. The van der Waals surface area contributed by atoms with E-state index in [0.29, 0.717) is 30.6 Å². The number of nitrogens with two attached hydrogens (primary N) is 1. The molecule has 0 heterocycles. The first kappa shape index (κ1) is 16.4. The summed E-state index contributed by atoms with van der Waals surface area (Å²) in [5.41, 5.74) is 6.44. The highest BCUT2D eigenvalue weighted by molar-refractivity contribution is 7.91. The van der Waals surface area contributed by atoms with E-state index < -0.39 is 9.84 Å².